The highest BCUT2D eigenvalue weighted by Gasteiger charge is 2.34. The van der Waals surface area contributed by atoms with Gasteiger partial charge in [-0.05, 0) is 12.5 Å². The van der Waals surface area contributed by atoms with Crippen molar-refractivity contribution in [3.63, 3.8) is 0 Å². The molecule has 4 nitrogen and oxygen atoms in total. The number of likely N-dealkylation sites (tertiary alicyclic amines) is 1. The Kier molecular flexibility index (Phi) is 4.40. The van der Waals surface area contributed by atoms with Gasteiger partial charge in [0.2, 0.25) is 5.91 Å². The van der Waals surface area contributed by atoms with Crippen LogP contribution >= 0.6 is 0 Å². The molecular formula is C16H20F2N2O2. The lowest BCUT2D eigenvalue weighted by molar-refractivity contribution is -0.133. The van der Waals surface area contributed by atoms with Gasteiger partial charge in [0, 0.05) is 50.8 Å². The van der Waals surface area contributed by atoms with Crippen molar-refractivity contribution in [3.8, 4) is 0 Å². The molecule has 3 rings (SSSR count). The molecule has 2 heterocycles. The van der Waals surface area contributed by atoms with E-state index in [9.17, 15) is 13.6 Å². The number of benzene rings is 1. The maximum atomic E-state index is 13.8. The van der Waals surface area contributed by atoms with Gasteiger partial charge >= 0.3 is 0 Å². The lowest BCUT2D eigenvalue weighted by atomic mass is 9.94. The average molecular weight is 310 g/mol. The molecule has 0 spiro atoms. The van der Waals surface area contributed by atoms with Crippen molar-refractivity contribution < 1.29 is 18.3 Å². The molecule has 120 valence electrons. The second-order valence-corrected chi connectivity index (χ2v) is 6.14. The Labute approximate surface area is 128 Å². The summed E-state index contributed by atoms with van der Waals surface area (Å²) in [5, 5.41) is 0. The Morgan fingerprint density at radius 1 is 1.32 bits per heavy atom. The molecule has 0 saturated carbocycles. The van der Waals surface area contributed by atoms with E-state index in [-0.39, 0.29) is 24.5 Å². The minimum Gasteiger partial charge on any atom is -0.368 e. The number of hydrogen-bond donors (Lipinski definition) is 0. The van der Waals surface area contributed by atoms with E-state index in [1.54, 1.807) is 11.9 Å². The van der Waals surface area contributed by atoms with Crippen LogP contribution in [0.1, 0.15) is 12.0 Å². The maximum Gasteiger partial charge on any atom is 0.248 e. The number of carbonyl (C=O) groups excluding carboxylic acids is 1. The second-order valence-electron chi connectivity index (χ2n) is 6.14. The van der Waals surface area contributed by atoms with Crippen LogP contribution in [0.5, 0.6) is 0 Å². The van der Waals surface area contributed by atoms with Crippen LogP contribution in [-0.2, 0) is 16.1 Å². The number of fused-ring (bicyclic) bond motifs is 1. The fourth-order valence-corrected chi connectivity index (χ4v) is 3.26. The van der Waals surface area contributed by atoms with Crippen molar-refractivity contribution in [1.82, 2.24) is 9.80 Å². The van der Waals surface area contributed by atoms with E-state index < -0.39 is 11.6 Å². The number of rotatable bonds is 2. The molecule has 0 unspecified atom stereocenters. The zero-order valence-electron chi connectivity index (χ0n) is 12.6. The Balaban J connectivity index is 1.66. The number of nitrogens with zero attached hydrogens (tertiary/aromatic N) is 2. The molecule has 0 radical (unpaired) electrons. The molecule has 0 N–H and O–H groups in total. The summed E-state index contributed by atoms with van der Waals surface area (Å²) in [6.45, 7) is 2.79. The van der Waals surface area contributed by atoms with Crippen LogP contribution in [0.15, 0.2) is 18.2 Å². The van der Waals surface area contributed by atoms with Crippen LogP contribution in [0.3, 0.4) is 0 Å². The molecule has 2 aliphatic rings. The summed E-state index contributed by atoms with van der Waals surface area (Å²) in [7, 11) is 1.78. The summed E-state index contributed by atoms with van der Waals surface area (Å²) in [4.78, 5) is 15.6. The molecule has 1 aromatic carbocycles. The number of likely N-dealkylation sites (N-methyl/N-ethyl adjacent to an activating group) is 1. The third kappa shape index (κ3) is 3.28. The van der Waals surface area contributed by atoms with Gasteiger partial charge in [-0.3, -0.25) is 9.69 Å². The van der Waals surface area contributed by atoms with Crippen LogP contribution < -0.4 is 0 Å². The summed E-state index contributed by atoms with van der Waals surface area (Å²) in [5.41, 5.74) is 0.499. The van der Waals surface area contributed by atoms with Gasteiger partial charge in [0.05, 0.1) is 6.10 Å². The van der Waals surface area contributed by atoms with Crippen molar-refractivity contribution in [2.24, 2.45) is 5.92 Å². The molecule has 0 bridgehead atoms. The van der Waals surface area contributed by atoms with Gasteiger partial charge in [-0.15, -0.1) is 0 Å². The lowest BCUT2D eigenvalue weighted by Crippen LogP contribution is -2.46. The maximum absolute atomic E-state index is 13.8. The van der Waals surface area contributed by atoms with Crippen molar-refractivity contribution in [1.29, 1.82) is 0 Å². The second kappa shape index (κ2) is 6.30. The fourth-order valence-electron chi connectivity index (χ4n) is 3.26. The molecule has 6 heteroatoms. The first-order valence-corrected chi connectivity index (χ1v) is 7.55. The van der Waals surface area contributed by atoms with E-state index in [1.165, 1.54) is 12.1 Å². The molecule has 2 fully saturated rings. The standard InChI is InChI=1S/C16H20F2N2O2/c1-19-7-12-9-20(5-4-15(12)22-10-16(19)21)8-11-2-3-13(17)6-14(11)18/h2-3,6,12,15H,4-5,7-10H2,1H3/t12-,15-/m0/s1. The van der Waals surface area contributed by atoms with Gasteiger partial charge in [-0.25, -0.2) is 8.78 Å². The van der Waals surface area contributed by atoms with Crippen LogP contribution in [-0.4, -0.2) is 55.1 Å². The van der Waals surface area contributed by atoms with Crippen molar-refractivity contribution in [3.05, 3.63) is 35.4 Å². The van der Waals surface area contributed by atoms with Gasteiger partial charge < -0.3 is 9.64 Å². The summed E-state index contributed by atoms with van der Waals surface area (Å²) >= 11 is 0. The van der Waals surface area contributed by atoms with Crippen LogP contribution in [0.2, 0.25) is 0 Å². The van der Waals surface area contributed by atoms with E-state index in [4.69, 9.17) is 4.74 Å². The smallest absolute Gasteiger partial charge is 0.248 e. The largest absolute Gasteiger partial charge is 0.368 e. The highest BCUT2D eigenvalue weighted by atomic mass is 19.1. The number of halogens is 2. The summed E-state index contributed by atoms with van der Waals surface area (Å²) in [6, 6.07) is 3.70. The number of ether oxygens (including phenoxy) is 1. The molecule has 1 amide bonds. The van der Waals surface area contributed by atoms with Gasteiger partial charge in [-0.2, -0.15) is 0 Å². The van der Waals surface area contributed by atoms with Crippen LogP contribution in [0, 0.1) is 17.6 Å². The number of hydrogen-bond acceptors (Lipinski definition) is 3. The SMILES string of the molecule is CN1C[C@H]2CN(Cc3ccc(F)cc3F)CC[C@@H]2OCC1=O. The molecule has 2 aliphatic heterocycles. The molecule has 22 heavy (non-hydrogen) atoms. The van der Waals surface area contributed by atoms with E-state index in [1.807, 2.05) is 0 Å². The van der Waals surface area contributed by atoms with Crippen LogP contribution in [0.25, 0.3) is 0 Å². The van der Waals surface area contributed by atoms with Crippen molar-refractivity contribution in [2.45, 2.75) is 19.1 Å². The number of amides is 1. The Hall–Kier alpha value is -1.53. The van der Waals surface area contributed by atoms with Crippen molar-refractivity contribution >= 4 is 5.91 Å². The molecule has 2 atom stereocenters. The van der Waals surface area contributed by atoms with Gasteiger partial charge in [0.1, 0.15) is 18.2 Å². The van der Waals surface area contributed by atoms with Crippen molar-refractivity contribution in [2.75, 3.05) is 33.3 Å². The first-order valence-electron chi connectivity index (χ1n) is 7.55. The zero-order valence-corrected chi connectivity index (χ0v) is 12.6. The fraction of sp³-hybridized carbons (Fsp3) is 0.562. The normalized spacial score (nSPS) is 26.7. The van der Waals surface area contributed by atoms with E-state index in [0.29, 0.717) is 18.7 Å². The highest BCUT2D eigenvalue weighted by molar-refractivity contribution is 5.77. The quantitative estimate of drug-likeness (QED) is 0.832. The van der Waals surface area contributed by atoms with Gasteiger partial charge in [0.25, 0.3) is 0 Å². The first-order chi connectivity index (χ1) is 10.5. The Morgan fingerprint density at radius 2 is 2.14 bits per heavy atom. The molecule has 0 aromatic heterocycles. The predicted molar refractivity (Wildman–Crippen MR) is 77.1 cm³/mol. The first kappa shape index (κ1) is 15.4. The third-order valence-electron chi connectivity index (χ3n) is 4.51. The van der Waals surface area contributed by atoms with Crippen LogP contribution in [0.4, 0.5) is 8.78 Å². The monoisotopic (exact) mass is 310 g/mol. The molecular weight excluding hydrogens is 290 g/mol. The molecule has 1 aromatic rings. The Bertz CT molecular complexity index is 567. The van der Waals surface area contributed by atoms with Gasteiger partial charge in [0.15, 0.2) is 0 Å². The predicted octanol–water partition coefficient (Wildman–Crippen LogP) is 1.64. The van der Waals surface area contributed by atoms with Gasteiger partial charge in [-0.1, -0.05) is 6.07 Å². The minimum atomic E-state index is -0.558. The molecule has 2 saturated heterocycles. The average Bonchev–Trinajstić information content (AvgIpc) is 2.61. The van der Waals surface area contributed by atoms with E-state index >= 15 is 0 Å². The Morgan fingerprint density at radius 3 is 2.91 bits per heavy atom. The summed E-state index contributed by atoms with van der Waals surface area (Å²) in [6.07, 6.45) is 0.914. The number of piperidine rings is 1. The zero-order chi connectivity index (χ0) is 15.7. The molecule has 0 aliphatic carbocycles. The topological polar surface area (TPSA) is 32.8 Å². The summed E-state index contributed by atoms with van der Waals surface area (Å²) < 4.78 is 32.4. The number of carbonyl (C=O) groups is 1. The van der Waals surface area contributed by atoms with E-state index in [2.05, 4.69) is 4.90 Å². The highest BCUT2D eigenvalue weighted by Crippen LogP contribution is 2.25. The van der Waals surface area contributed by atoms with E-state index in [0.717, 1.165) is 25.6 Å². The minimum absolute atomic E-state index is 0.00512. The lowest BCUT2D eigenvalue weighted by Gasteiger charge is -2.37. The summed E-state index contributed by atoms with van der Waals surface area (Å²) in [5.74, 6) is -0.831. The third-order valence-corrected chi connectivity index (χ3v) is 4.51.